The van der Waals surface area contributed by atoms with Crippen LogP contribution in [0.3, 0.4) is 0 Å². The molecule has 72 valence electrons. The molecule has 0 aromatic carbocycles. The number of carbonyl (C=O) groups excluding carboxylic acids is 1. The second kappa shape index (κ2) is 4.64. The van der Waals surface area contributed by atoms with Gasteiger partial charge in [-0.3, -0.25) is 9.48 Å². The fourth-order valence-corrected chi connectivity index (χ4v) is 1.03. The Hall–Kier alpha value is -1.32. The predicted molar refractivity (Wildman–Crippen MR) is 48.2 cm³/mol. The lowest BCUT2D eigenvalue weighted by molar-refractivity contribution is -0.143. The first-order chi connectivity index (χ1) is 6.22. The monoisotopic (exact) mass is 182 g/mol. The van der Waals surface area contributed by atoms with E-state index in [0.29, 0.717) is 19.6 Å². The molecular weight excluding hydrogens is 168 g/mol. The average Bonchev–Trinajstić information content (AvgIpc) is 2.49. The Labute approximate surface area is 77.5 Å². The van der Waals surface area contributed by atoms with Crippen LogP contribution in [0, 0.1) is 6.92 Å². The van der Waals surface area contributed by atoms with E-state index in [9.17, 15) is 4.79 Å². The van der Waals surface area contributed by atoms with Gasteiger partial charge in [0, 0.05) is 6.20 Å². The van der Waals surface area contributed by atoms with Gasteiger partial charge in [0.15, 0.2) is 0 Å². The van der Waals surface area contributed by atoms with Crippen LogP contribution in [0.15, 0.2) is 12.3 Å². The number of nitrogens with zero attached hydrogens (tertiary/aromatic N) is 2. The van der Waals surface area contributed by atoms with Crippen molar-refractivity contribution >= 4 is 5.97 Å². The Morgan fingerprint density at radius 2 is 2.46 bits per heavy atom. The van der Waals surface area contributed by atoms with Crippen LogP contribution >= 0.6 is 0 Å². The van der Waals surface area contributed by atoms with Crippen molar-refractivity contribution in [1.29, 1.82) is 0 Å². The van der Waals surface area contributed by atoms with E-state index in [1.54, 1.807) is 11.6 Å². The maximum atomic E-state index is 11.0. The van der Waals surface area contributed by atoms with Gasteiger partial charge in [0.2, 0.25) is 0 Å². The molecule has 0 fully saturated rings. The second-order valence-electron chi connectivity index (χ2n) is 2.78. The van der Waals surface area contributed by atoms with Crippen LogP contribution < -0.4 is 0 Å². The number of aromatic nitrogens is 2. The van der Waals surface area contributed by atoms with Crippen molar-refractivity contribution in [2.75, 3.05) is 6.61 Å². The van der Waals surface area contributed by atoms with Gasteiger partial charge in [0.1, 0.15) is 0 Å². The van der Waals surface area contributed by atoms with Gasteiger partial charge in [-0.25, -0.2) is 0 Å². The molecule has 0 aliphatic carbocycles. The van der Waals surface area contributed by atoms with E-state index in [1.165, 1.54) is 0 Å². The molecule has 4 heteroatoms. The van der Waals surface area contributed by atoms with Crippen molar-refractivity contribution in [3.8, 4) is 0 Å². The van der Waals surface area contributed by atoms with E-state index in [4.69, 9.17) is 4.74 Å². The Bertz CT molecular complexity index is 281. The predicted octanol–water partition coefficient (Wildman–Crippen LogP) is 1.14. The molecular formula is C9H14N2O2. The minimum atomic E-state index is -0.171. The Balaban J connectivity index is 2.30. The number of hydrogen-bond acceptors (Lipinski definition) is 3. The highest BCUT2D eigenvalue weighted by atomic mass is 16.5. The van der Waals surface area contributed by atoms with Crippen LogP contribution in [0.1, 0.15) is 19.0 Å². The topological polar surface area (TPSA) is 44.1 Å². The van der Waals surface area contributed by atoms with Crippen molar-refractivity contribution in [3.05, 3.63) is 18.0 Å². The van der Waals surface area contributed by atoms with E-state index >= 15 is 0 Å². The lowest BCUT2D eigenvalue weighted by Crippen LogP contribution is -2.09. The molecule has 0 saturated heterocycles. The minimum absolute atomic E-state index is 0.171. The fourth-order valence-electron chi connectivity index (χ4n) is 1.03. The number of hydrogen-bond donors (Lipinski definition) is 0. The summed E-state index contributed by atoms with van der Waals surface area (Å²) in [4.78, 5) is 11.0. The van der Waals surface area contributed by atoms with Crippen LogP contribution in [-0.2, 0) is 16.1 Å². The summed E-state index contributed by atoms with van der Waals surface area (Å²) >= 11 is 0. The molecule has 0 spiro atoms. The summed E-state index contributed by atoms with van der Waals surface area (Å²) < 4.78 is 6.53. The van der Waals surface area contributed by atoms with E-state index in [-0.39, 0.29) is 5.97 Å². The molecule has 0 saturated carbocycles. The maximum absolute atomic E-state index is 11.0. The quantitative estimate of drug-likeness (QED) is 0.656. The normalized spacial score (nSPS) is 10.0. The molecule has 1 rings (SSSR count). The highest BCUT2D eigenvalue weighted by Crippen LogP contribution is 1.95. The lowest BCUT2D eigenvalue weighted by Gasteiger charge is -2.01. The summed E-state index contributed by atoms with van der Waals surface area (Å²) in [6.07, 6.45) is 2.24. The zero-order chi connectivity index (χ0) is 9.68. The first-order valence-electron chi connectivity index (χ1n) is 4.38. The van der Waals surface area contributed by atoms with Crippen molar-refractivity contribution in [2.24, 2.45) is 0 Å². The summed E-state index contributed by atoms with van der Waals surface area (Å²) in [5, 5.41) is 4.15. The van der Waals surface area contributed by atoms with Crippen molar-refractivity contribution in [2.45, 2.75) is 26.8 Å². The minimum Gasteiger partial charge on any atom is -0.466 e. The molecule has 0 bridgehead atoms. The third-order valence-corrected chi connectivity index (χ3v) is 1.62. The van der Waals surface area contributed by atoms with Crippen molar-refractivity contribution in [3.63, 3.8) is 0 Å². The number of rotatable bonds is 4. The molecule has 13 heavy (non-hydrogen) atoms. The maximum Gasteiger partial charge on any atom is 0.307 e. The Kier molecular flexibility index (Phi) is 3.49. The molecule has 0 aliphatic heterocycles. The molecule has 1 heterocycles. The Morgan fingerprint density at radius 1 is 1.69 bits per heavy atom. The molecule has 4 nitrogen and oxygen atoms in total. The standard InChI is InChI=1S/C9H14N2O2/c1-3-13-9(12)5-7-11-6-4-8(2)10-11/h4,6H,3,5,7H2,1-2H3. The molecule has 0 atom stereocenters. The van der Waals surface area contributed by atoms with Crippen LogP contribution in [0.5, 0.6) is 0 Å². The van der Waals surface area contributed by atoms with Gasteiger partial charge < -0.3 is 4.74 Å². The van der Waals surface area contributed by atoms with E-state index < -0.39 is 0 Å². The van der Waals surface area contributed by atoms with Gasteiger partial charge in [0.05, 0.1) is 25.3 Å². The molecule has 1 aromatic heterocycles. The van der Waals surface area contributed by atoms with Crippen LogP contribution in [0.25, 0.3) is 0 Å². The van der Waals surface area contributed by atoms with Gasteiger partial charge in [-0.05, 0) is 19.9 Å². The second-order valence-corrected chi connectivity index (χ2v) is 2.78. The van der Waals surface area contributed by atoms with Gasteiger partial charge >= 0.3 is 5.97 Å². The first-order valence-corrected chi connectivity index (χ1v) is 4.38. The molecule has 0 radical (unpaired) electrons. The third-order valence-electron chi connectivity index (χ3n) is 1.62. The number of ether oxygens (including phenoxy) is 1. The molecule has 1 aromatic rings. The zero-order valence-corrected chi connectivity index (χ0v) is 7.99. The smallest absolute Gasteiger partial charge is 0.307 e. The number of aryl methyl sites for hydroxylation is 2. The van der Waals surface area contributed by atoms with E-state index in [2.05, 4.69) is 5.10 Å². The summed E-state index contributed by atoms with van der Waals surface area (Å²) in [6, 6.07) is 1.91. The summed E-state index contributed by atoms with van der Waals surface area (Å²) in [5.41, 5.74) is 0.962. The van der Waals surface area contributed by atoms with Crippen LogP contribution in [-0.4, -0.2) is 22.4 Å². The van der Waals surface area contributed by atoms with Crippen LogP contribution in [0.2, 0.25) is 0 Å². The molecule has 0 aliphatic rings. The van der Waals surface area contributed by atoms with E-state index in [1.807, 2.05) is 19.2 Å². The van der Waals surface area contributed by atoms with E-state index in [0.717, 1.165) is 5.69 Å². The highest BCUT2D eigenvalue weighted by Gasteiger charge is 2.01. The highest BCUT2D eigenvalue weighted by molar-refractivity contribution is 5.69. The molecule has 0 N–H and O–H groups in total. The van der Waals surface area contributed by atoms with Gasteiger partial charge in [0.25, 0.3) is 0 Å². The number of carbonyl (C=O) groups is 1. The Morgan fingerprint density at radius 3 is 3.00 bits per heavy atom. The van der Waals surface area contributed by atoms with Gasteiger partial charge in [-0.15, -0.1) is 0 Å². The van der Waals surface area contributed by atoms with Gasteiger partial charge in [-0.1, -0.05) is 0 Å². The lowest BCUT2D eigenvalue weighted by atomic mass is 10.4. The SMILES string of the molecule is CCOC(=O)CCn1ccc(C)n1. The van der Waals surface area contributed by atoms with Crippen LogP contribution in [0.4, 0.5) is 0 Å². The summed E-state index contributed by atoms with van der Waals surface area (Å²) in [7, 11) is 0. The van der Waals surface area contributed by atoms with Gasteiger partial charge in [-0.2, -0.15) is 5.10 Å². The molecule has 0 unspecified atom stereocenters. The third kappa shape index (κ3) is 3.27. The largest absolute Gasteiger partial charge is 0.466 e. The van der Waals surface area contributed by atoms with Crippen molar-refractivity contribution < 1.29 is 9.53 Å². The fraction of sp³-hybridized carbons (Fsp3) is 0.556. The average molecular weight is 182 g/mol. The molecule has 0 amide bonds. The zero-order valence-electron chi connectivity index (χ0n) is 7.99. The summed E-state index contributed by atoms with van der Waals surface area (Å²) in [5.74, 6) is -0.171. The number of esters is 1. The first kappa shape index (κ1) is 9.77. The van der Waals surface area contributed by atoms with Crippen molar-refractivity contribution in [1.82, 2.24) is 9.78 Å². The summed E-state index contributed by atoms with van der Waals surface area (Å²) in [6.45, 7) is 4.75.